The normalized spacial score (nSPS) is 24.3. The molecule has 1 aromatic rings. The van der Waals surface area contributed by atoms with Gasteiger partial charge in [0.05, 0.1) is 0 Å². The van der Waals surface area contributed by atoms with E-state index in [2.05, 4.69) is 49.2 Å². The number of nitrogens with one attached hydrogen (secondary N) is 1. The molecule has 0 amide bonds. The molecule has 0 radical (unpaired) electrons. The maximum atomic E-state index is 3.88. The highest BCUT2D eigenvalue weighted by Gasteiger charge is 2.23. The summed E-state index contributed by atoms with van der Waals surface area (Å²) in [6.07, 6.45) is 8.59. The van der Waals surface area contributed by atoms with Gasteiger partial charge in [0, 0.05) is 11.7 Å². The van der Waals surface area contributed by atoms with Gasteiger partial charge in [-0.25, -0.2) is 0 Å². The summed E-state index contributed by atoms with van der Waals surface area (Å²) in [7, 11) is 0. The number of hydrogen-bond acceptors (Lipinski definition) is 1. The van der Waals surface area contributed by atoms with E-state index in [1.807, 2.05) is 0 Å². The van der Waals surface area contributed by atoms with Crippen LogP contribution in [-0.4, -0.2) is 6.04 Å². The minimum Gasteiger partial charge on any atom is -0.382 e. The smallest absolute Gasteiger partial charge is 0.0342 e. The Labute approximate surface area is 105 Å². The summed E-state index contributed by atoms with van der Waals surface area (Å²) in [5.41, 5.74) is 2.58. The molecule has 17 heavy (non-hydrogen) atoms. The van der Waals surface area contributed by atoms with Crippen molar-refractivity contribution in [3.8, 4) is 0 Å². The molecule has 0 spiro atoms. The van der Waals surface area contributed by atoms with Gasteiger partial charge in [-0.05, 0) is 44.2 Å². The summed E-state index contributed by atoms with van der Waals surface area (Å²) in [6.45, 7) is 6.01. The van der Waals surface area contributed by atoms with Crippen LogP contribution < -0.4 is 5.32 Å². The maximum Gasteiger partial charge on any atom is 0.0342 e. The van der Waals surface area contributed by atoms with Gasteiger partial charge >= 0.3 is 0 Å². The molecule has 1 fully saturated rings. The summed E-state index contributed by atoms with van der Waals surface area (Å²) in [4.78, 5) is 0. The van der Waals surface area contributed by atoms with Crippen LogP contribution in [0, 0.1) is 12.8 Å². The molecule has 1 aliphatic carbocycles. The Morgan fingerprint density at radius 3 is 2.65 bits per heavy atom. The third-order valence-electron chi connectivity index (χ3n) is 3.78. The Kier molecular flexibility index (Phi) is 4.24. The van der Waals surface area contributed by atoms with Gasteiger partial charge in [-0.15, -0.1) is 6.58 Å². The fourth-order valence-corrected chi connectivity index (χ4v) is 2.76. The van der Waals surface area contributed by atoms with E-state index in [9.17, 15) is 0 Å². The summed E-state index contributed by atoms with van der Waals surface area (Å²) in [5.74, 6) is 0.766. The third kappa shape index (κ3) is 3.36. The van der Waals surface area contributed by atoms with Crippen LogP contribution in [0.1, 0.15) is 37.7 Å². The Hall–Kier alpha value is -1.24. The quantitative estimate of drug-likeness (QED) is 0.747. The molecule has 2 atom stereocenters. The van der Waals surface area contributed by atoms with Crippen molar-refractivity contribution in [2.75, 3.05) is 5.32 Å². The molecule has 1 aromatic carbocycles. The molecule has 1 saturated carbocycles. The second-order valence-electron chi connectivity index (χ2n) is 5.19. The van der Waals surface area contributed by atoms with E-state index < -0.39 is 0 Å². The van der Waals surface area contributed by atoms with Crippen molar-refractivity contribution in [2.24, 2.45) is 5.92 Å². The highest BCUT2D eigenvalue weighted by atomic mass is 14.9. The van der Waals surface area contributed by atoms with Crippen molar-refractivity contribution in [2.45, 2.75) is 45.1 Å². The zero-order chi connectivity index (χ0) is 12.1. The van der Waals surface area contributed by atoms with Crippen LogP contribution in [0.2, 0.25) is 0 Å². The molecule has 92 valence electrons. The van der Waals surface area contributed by atoms with Crippen molar-refractivity contribution in [1.82, 2.24) is 0 Å². The van der Waals surface area contributed by atoms with Crippen LogP contribution in [-0.2, 0) is 0 Å². The van der Waals surface area contributed by atoms with Crippen LogP contribution in [0.4, 0.5) is 5.69 Å². The van der Waals surface area contributed by atoms with Crippen LogP contribution >= 0.6 is 0 Å². The first kappa shape index (κ1) is 12.2. The molecule has 0 aromatic heterocycles. The Morgan fingerprint density at radius 2 is 1.94 bits per heavy atom. The summed E-state index contributed by atoms with van der Waals surface area (Å²) in [6, 6.07) is 9.36. The second kappa shape index (κ2) is 5.90. The molecule has 2 unspecified atom stereocenters. The van der Waals surface area contributed by atoms with Crippen molar-refractivity contribution in [3.05, 3.63) is 42.5 Å². The minimum absolute atomic E-state index is 0.629. The van der Waals surface area contributed by atoms with Gasteiger partial charge < -0.3 is 5.32 Å². The molecule has 2 rings (SSSR count). The first-order valence-electron chi connectivity index (χ1n) is 6.73. The van der Waals surface area contributed by atoms with E-state index in [0.717, 1.165) is 12.3 Å². The van der Waals surface area contributed by atoms with E-state index in [1.165, 1.54) is 36.9 Å². The van der Waals surface area contributed by atoms with Gasteiger partial charge in [-0.3, -0.25) is 0 Å². The van der Waals surface area contributed by atoms with Gasteiger partial charge in [-0.2, -0.15) is 0 Å². The van der Waals surface area contributed by atoms with Crippen molar-refractivity contribution in [1.29, 1.82) is 0 Å². The topological polar surface area (TPSA) is 12.0 Å². The maximum absolute atomic E-state index is 3.88. The molecule has 1 nitrogen and oxygen atoms in total. The molecule has 1 aliphatic rings. The molecular formula is C16H23N. The zero-order valence-electron chi connectivity index (χ0n) is 10.8. The van der Waals surface area contributed by atoms with E-state index in [-0.39, 0.29) is 0 Å². The predicted octanol–water partition coefficient (Wildman–Crippen LogP) is 4.54. The van der Waals surface area contributed by atoms with Crippen molar-refractivity contribution >= 4 is 5.69 Å². The minimum atomic E-state index is 0.629. The van der Waals surface area contributed by atoms with E-state index >= 15 is 0 Å². The summed E-state index contributed by atoms with van der Waals surface area (Å²) in [5, 5.41) is 3.70. The molecule has 0 aliphatic heterocycles. The lowest BCUT2D eigenvalue weighted by atomic mass is 9.82. The second-order valence-corrected chi connectivity index (χ2v) is 5.19. The van der Waals surface area contributed by atoms with Crippen molar-refractivity contribution < 1.29 is 0 Å². The zero-order valence-corrected chi connectivity index (χ0v) is 10.8. The monoisotopic (exact) mass is 229 g/mol. The Bertz CT molecular complexity index is 352. The SMILES string of the molecule is C=CCC1CCCCC1Nc1ccc(C)cc1. The van der Waals surface area contributed by atoms with Crippen molar-refractivity contribution in [3.63, 3.8) is 0 Å². The largest absolute Gasteiger partial charge is 0.382 e. The summed E-state index contributed by atoms with van der Waals surface area (Å²) < 4.78 is 0. The lowest BCUT2D eigenvalue weighted by Crippen LogP contribution is -2.31. The molecule has 1 heteroatoms. The Balaban J connectivity index is 1.99. The Morgan fingerprint density at radius 1 is 1.24 bits per heavy atom. The number of allylic oxidation sites excluding steroid dienone is 1. The van der Waals surface area contributed by atoms with Gasteiger partial charge in [0.15, 0.2) is 0 Å². The van der Waals surface area contributed by atoms with Crippen LogP contribution in [0.5, 0.6) is 0 Å². The molecule has 0 heterocycles. The van der Waals surface area contributed by atoms with E-state index in [0.29, 0.717) is 6.04 Å². The number of hydrogen-bond donors (Lipinski definition) is 1. The molecule has 0 saturated heterocycles. The number of benzene rings is 1. The molecule has 1 N–H and O–H groups in total. The number of rotatable bonds is 4. The average Bonchev–Trinajstić information content (AvgIpc) is 2.35. The van der Waals surface area contributed by atoms with Crippen LogP contribution in [0.3, 0.4) is 0 Å². The first-order chi connectivity index (χ1) is 8.29. The molecule has 0 bridgehead atoms. The lowest BCUT2D eigenvalue weighted by Gasteiger charge is -2.32. The van der Waals surface area contributed by atoms with Crippen LogP contribution in [0.15, 0.2) is 36.9 Å². The average molecular weight is 229 g/mol. The lowest BCUT2D eigenvalue weighted by molar-refractivity contribution is 0.328. The van der Waals surface area contributed by atoms with E-state index in [1.54, 1.807) is 0 Å². The number of aryl methyl sites for hydroxylation is 1. The summed E-state index contributed by atoms with van der Waals surface area (Å²) >= 11 is 0. The fraction of sp³-hybridized carbons (Fsp3) is 0.500. The third-order valence-corrected chi connectivity index (χ3v) is 3.78. The predicted molar refractivity (Wildman–Crippen MR) is 75.4 cm³/mol. The first-order valence-corrected chi connectivity index (χ1v) is 6.73. The standard InChI is InChI=1S/C16H23N/c1-3-6-14-7-4-5-8-16(14)17-15-11-9-13(2)10-12-15/h3,9-12,14,16-17H,1,4-8H2,2H3. The highest BCUT2D eigenvalue weighted by molar-refractivity contribution is 5.45. The highest BCUT2D eigenvalue weighted by Crippen LogP contribution is 2.29. The van der Waals surface area contributed by atoms with E-state index in [4.69, 9.17) is 0 Å². The van der Waals surface area contributed by atoms with Gasteiger partial charge in [0.1, 0.15) is 0 Å². The van der Waals surface area contributed by atoms with Crippen LogP contribution in [0.25, 0.3) is 0 Å². The molecular weight excluding hydrogens is 206 g/mol. The van der Waals surface area contributed by atoms with Gasteiger partial charge in [-0.1, -0.05) is 36.6 Å². The number of anilines is 1. The van der Waals surface area contributed by atoms with Gasteiger partial charge in [0.25, 0.3) is 0 Å². The fourth-order valence-electron chi connectivity index (χ4n) is 2.76. The van der Waals surface area contributed by atoms with Gasteiger partial charge in [0.2, 0.25) is 0 Å².